The molecule has 0 radical (unpaired) electrons. The number of nitrogens with one attached hydrogen (secondary N) is 2. The first-order valence-corrected chi connectivity index (χ1v) is 11.1. The second kappa shape index (κ2) is 12.2. The minimum absolute atomic E-state index is 0.0478. The largest absolute Gasteiger partial charge is 0.465 e. The molecule has 0 bridgehead atoms. The summed E-state index contributed by atoms with van der Waals surface area (Å²) in [6.45, 7) is 3.99. The number of amides is 2. The smallest absolute Gasteiger partial charge is 0.328 e. The van der Waals surface area contributed by atoms with Crippen LogP contribution in [0, 0.1) is 5.92 Å². The summed E-state index contributed by atoms with van der Waals surface area (Å²) >= 11 is 0. The van der Waals surface area contributed by atoms with E-state index in [0.29, 0.717) is 17.7 Å². The molecule has 176 valence electrons. The number of carbonyl (C=O) groups is 3. The number of furan rings is 1. The highest BCUT2D eigenvalue weighted by molar-refractivity contribution is 6.06. The zero-order valence-electron chi connectivity index (χ0n) is 19.2. The van der Waals surface area contributed by atoms with Crippen LogP contribution in [-0.4, -0.2) is 23.8 Å². The van der Waals surface area contributed by atoms with Gasteiger partial charge in [0, 0.05) is 11.6 Å². The fourth-order valence-corrected chi connectivity index (χ4v) is 3.21. The monoisotopic (exact) mass is 460 g/mol. The molecule has 0 aliphatic heterocycles. The topological polar surface area (TPSA) is 97.6 Å². The van der Waals surface area contributed by atoms with E-state index in [1.165, 1.54) is 12.3 Å². The number of hydrogen-bond donors (Lipinski definition) is 2. The molecular weight excluding hydrogens is 432 g/mol. The van der Waals surface area contributed by atoms with Crippen molar-refractivity contribution in [2.45, 2.75) is 32.9 Å². The summed E-state index contributed by atoms with van der Waals surface area (Å²) in [6, 6.07) is 20.3. The second-order valence-electron chi connectivity index (χ2n) is 8.14. The third-order valence-electron chi connectivity index (χ3n) is 4.88. The van der Waals surface area contributed by atoms with Crippen LogP contribution in [-0.2, 0) is 20.9 Å². The minimum atomic E-state index is -0.884. The molecule has 1 heterocycles. The van der Waals surface area contributed by atoms with Gasteiger partial charge in [0.25, 0.3) is 11.8 Å². The molecule has 2 N–H and O–H groups in total. The molecular formula is C27H28N2O5. The molecule has 0 aliphatic carbocycles. The molecule has 0 aliphatic rings. The number of ether oxygens (including phenoxy) is 1. The van der Waals surface area contributed by atoms with E-state index >= 15 is 0 Å². The molecule has 0 saturated carbocycles. The van der Waals surface area contributed by atoms with E-state index in [0.717, 1.165) is 5.56 Å². The standard InChI is InChI=1S/C27H28N2O5/c1-19(2)16-24(27(32)34-18-20-10-5-3-6-11-20)29-26(31)23(17-22-14-9-15-33-22)28-25(30)21-12-7-4-8-13-21/h3-15,17,19,24H,16,18H2,1-2H3,(H,28,30)(H,29,31)/b23-17+. The van der Waals surface area contributed by atoms with Crippen molar-refractivity contribution < 1.29 is 23.5 Å². The van der Waals surface area contributed by atoms with Crippen LogP contribution in [0.25, 0.3) is 6.08 Å². The molecule has 0 fully saturated rings. The Balaban J connectivity index is 1.75. The van der Waals surface area contributed by atoms with Gasteiger partial charge < -0.3 is 19.8 Å². The normalized spacial score (nSPS) is 12.1. The van der Waals surface area contributed by atoms with Crippen molar-refractivity contribution in [3.8, 4) is 0 Å². The summed E-state index contributed by atoms with van der Waals surface area (Å²) in [5.74, 6) is -1.13. The first-order valence-electron chi connectivity index (χ1n) is 11.1. The van der Waals surface area contributed by atoms with E-state index in [9.17, 15) is 14.4 Å². The lowest BCUT2D eigenvalue weighted by molar-refractivity contribution is -0.149. The van der Waals surface area contributed by atoms with Gasteiger partial charge in [-0.2, -0.15) is 0 Å². The van der Waals surface area contributed by atoms with Crippen LogP contribution < -0.4 is 10.6 Å². The lowest BCUT2D eigenvalue weighted by Crippen LogP contribution is -2.45. The molecule has 3 rings (SSSR count). The van der Waals surface area contributed by atoms with Crippen LogP contribution in [0.15, 0.2) is 89.2 Å². The zero-order chi connectivity index (χ0) is 24.3. The number of rotatable bonds is 10. The average Bonchev–Trinajstić information content (AvgIpc) is 3.35. The first kappa shape index (κ1) is 24.5. The summed E-state index contributed by atoms with van der Waals surface area (Å²) in [6.07, 6.45) is 3.25. The number of benzene rings is 2. The molecule has 2 aromatic carbocycles. The highest BCUT2D eigenvalue weighted by Gasteiger charge is 2.26. The fraction of sp³-hybridized carbons (Fsp3) is 0.222. The molecule has 1 unspecified atom stereocenters. The summed E-state index contributed by atoms with van der Waals surface area (Å²) < 4.78 is 10.8. The maximum atomic E-state index is 13.2. The van der Waals surface area contributed by atoms with Crippen molar-refractivity contribution in [3.05, 3.63) is 102 Å². The quantitative estimate of drug-likeness (QED) is 0.347. The van der Waals surface area contributed by atoms with Gasteiger partial charge >= 0.3 is 5.97 Å². The van der Waals surface area contributed by atoms with E-state index in [1.807, 2.05) is 44.2 Å². The third kappa shape index (κ3) is 7.48. The van der Waals surface area contributed by atoms with Crippen molar-refractivity contribution in [1.82, 2.24) is 10.6 Å². The minimum Gasteiger partial charge on any atom is -0.465 e. The van der Waals surface area contributed by atoms with E-state index in [2.05, 4.69) is 10.6 Å². The number of hydrogen-bond acceptors (Lipinski definition) is 5. The zero-order valence-corrected chi connectivity index (χ0v) is 19.2. The predicted octanol–water partition coefficient (Wildman–Crippen LogP) is 4.32. The van der Waals surface area contributed by atoms with Crippen molar-refractivity contribution in [1.29, 1.82) is 0 Å². The van der Waals surface area contributed by atoms with Crippen molar-refractivity contribution >= 4 is 23.9 Å². The number of carbonyl (C=O) groups excluding carboxylic acids is 3. The Morgan fingerprint density at radius 1 is 0.941 bits per heavy atom. The van der Waals surface area contributed by atoms with E-state index in [-0.39, 0.29) is 18.2 Å². The molecule has 34 heavy (non-hydrogen) atoms. The van der Waals surface area contributed by atoms with Crippen LogP contribution >= 0.6 is 0 Å². The van der Waals surface area contributed by atoms with Crippen LogP contribution in [0.5, 0.6) is 0 Å². The van der Waals surface area contributed by atoms with Crippen LogP contribution in [0.3, 0.4) is 0 Å². The van der Waals surface area contributed by atoms with Gasteiger partial charge in [-0.3, -0.25) is 9.59 Å². The third-order valence-corrected chi connectivity index (χ3v) is 4.88. The molecule has 1 atom stereocenters. The Morgan fingerprint density at radius 2 is 1.62 bits per heavy atom. The van der Waals surface area contributed by atoms with Crippen LogP contribution in [0.1, 0.15) is 41.9 Å². The van der Waals surface area contributed by atoms with Crippen LogP contribution in [0.2, 0.25) is 0 Å². The van der Waals surface area contributed by atoms with Gasteiger partial charge in [-0.15, -0.1) is 0 Å². The van der Waals surface area contributed by atoms with E-state index in [4.69, 9.17) is 9.15 Å². The molecule has 7 nitrogen and oxygen atoms in total. The first-order chi connectivity index (χ1) is 16.4. The van der Waals surface area contributed by atoms with Gasteiger partial charge in [0.05, 0.1) is 6.26 Å². The Hall–Kier alpha value is -4.13. The van der Waals surface area contributed by atoms with Gasteiger partial charge in [-0.1, -0.05) is 62.4 Å². The highest BCUT2D eigenvalue weighted by atomic mass is 16.5. The van der Waals surface area contributed by atoms with Crippen molar-refractivity contribution in [3.63, 3.8) is 0 Å². The molecule has 7 heteroatoms. The molecule has 2 amide bonds. The number of esters is 1. The van der Waals surface area contributed by atoms with Crippen molar-refractivity contribution in [2.24, 2.45) is 5.92 Å². The fourth-order valence-electron chi connectivity index (χ4n) is 3.21. The maximum Gasteiger partial charge on any atom is 0.328 e. The predicted molar refractivity (Wildman–Crippen MR) is 128 cm³/mol. The molecule has 0 saturated heterocycles. The molecule has 3 aromatic rings. The summed E-state index contributed by atoms with van der Waals surface area (Å²) in [5, 5.41) is 5.34. The lowest BCUT2D eigenvalue weighted by atomic mass is 10.0. The van der Waals surface area contributed by atoms with E-state index < -0.39 is 23.8 Å². The van der Waals surface area contributed by atoms with Gasteiger partial charge in [0.15, 0.2) is 0 Å². The van der Waals surface area contributed by atoms with Crippen LogP contribution in [0.4, 0.5) is 0 Å². The highest BCUT2D eigenvalue weighted by Crippen LogP contribution is 2.12. The Kier molecular flexibility index (Phi) is 8.80. The van der Waals surface area contributed by atoms with Gasteiger partial charge in [-0.25, -0.2) is 4.79 Å². The molecule has 1 aromatic heterocycles. The molecule has 0 spiro atoms. The Morgan fingerprint density at radius 3 is 2.24 bits per heavy atom. The van der Waals surface area contributed by atoms with Crippen molar-refractivity contribution in [2.75, 3.05) is 0 Å². The Labute approximate surface area is 198 Å². The van der Waals surface area contributed by atoms with Gasteiger partial charge in [-0.05, 0) is 42.2 Å². The van der Waals surface area contributed by atoms with Gasteiger partial charge in [0.2, 0.25) is 0 Å². The van der Waals surface area contributed by atoms with Gasteiger partial charge in [0.1, 0.15) is 24.1 Å². The summed E-state index contributed by atoms with van der Waals surface area (Å²) in [5.41, 5.74) is 1.19. The SMILES string of the molecule is CC(C)CC(NC(=O)/C(=C\c1ccco1)NC(=O)c1ccccc1)C(=O)OCc1ccccc1. The second-order valence-corrected chi connectivity index (χ2v) is 8.14. The average molecular weight is 461 g/mol. The lowest BCUT2D eigenvalue weighted by Gasteiger charge is -2.20. The van der Waals surface area contributed by atoms with E-state index in [1.54, 1.807) is 42.5 Å². The summed E-state index contributed by atoms with van der Waals surface area (Å²) in [4.78, 5) is 38.7. The Bertz CT molecular complexity index is 1110. The summed E-state index contributed by atoms with van der Waals surface area (Å²) in [7, 11) is 0. The maximum absolute atomic E-state index is 13.2.